The predicted octanol–water partition coefficient (Wildman–Crippen LogP) is 1.24. The summed E-state index contributed by atoms with van der Waals surface area (Å²) in [4.78, 5) is 21.5. The lowest BCUT2D eigenvalue weighted by Crippen LogP contribution is -2.31. The van der Waals surface area contributed by atoms with Crippen LogP contribution in [0.1, 0.15) is 27.2 Å². The van der Waals surface area contributed by atoms with Crippen LogP contribution in [0.3, 0.4) is 0 Å². The molecule has 0 aliphatic rings. The van der Waals surface area contributed by atoms with Crippen molar-refractivity contribution in [1.29, 1.82) is 0 Å². The fourth-order valence-electron chi connectivity index (χ4n) is 0.739. The second-order valence-electron chi connectivity index (χ2n) is 3.75. The van der Waals surface area contributed by atoms with Gasteiger partial charge in [0.2, 0.25) is 5.91 Å². The Morgan fingerprint density at radius 2 is 1.83 bits per heavy atom. The van der Waals surface area contributed by atoms with Crippen molar-refractivity contribution in [3.8, 4) is 0 Å². The number of primary amides is 1. The molecule has 0 rings (SSSR count). The van der Waals surface area contributed by atoms with Crippen LogP contribution in [-0.2, 0) is 9.59 Å². The van der Waals surface area contributed by atoms with Crippen molar-refractivity contribution in [3.63, 3.8) is 0 Å². The summed E-state index contributed by atoms with van der Waals surface area (Å²) in [5, 5.41) is 0. The van der Waals surface area contributed by atoms with E-state index in [9.17, 15) is 9.59 Å². The van der Waals surface area contributed by atoms with Crippen LogP contribution >= 0.6 is 15.9 Å². The van der Waals surface area contributed by atoms with E-state index in [1.54, 1.807) is 0 Å². The molecular formula is C8H14BrNO2. The molecule has 0 fully saturated rings. The number of Topliss-reactive ketones (excluding diaryl/α,β-unsaturated/α-hetero) is 1. The zero-order valence-corrected chi connectivity index (χ0v) is 9.14. The summed E-state index contributed by atoms with van der Waals surface area (Å²) in [7, 11) is 0. The van der Waals surface area contributed by atoms with Crippen LogP contribution in [0.4, 0.5) is 0 Å². The minimum Gasteiger partial charge on any atom is -0.370 e. The van der Waals surface area contributed by atoms with Crippen molar-refractivity contribution in [2.45, 2.75) is 32.0 Å². The first-order chi connectivity index (χ1) is 5.25. The fraction of sp³-hybridized carbons (Fsp3) is 0.750. The number of amides is 1. The van der Waals surface area contributed by atoms with Crippen LogP contribution < -0.4 is 5.73 Å². The van der Waals surface area contributed by atoms with Gasteiger partial charge in [-0.25, -0.2) is 0 Å². The summed E-state index contributed by atoms with van der Waals surface area (Å²) in [5.74, 6) is -0.462. The number of hydrogen-bond acceptors (Lipinski definition) is 2. The zero-order valence-electron chi connectivity index (χ0n) is 7.56. The second kappa shape index (κ2) is 4.03. The standard InChI is InChI=1S/C8H14BrNO2/c1-8(2,3)7(12)5(9)4-6(10)11/h5H,4H2,1-3H3,(H2,10,11). The van der Waals surface area contributed by atoms with Gasteiger partial charge in [0, 0.05) is 11.8 Å². The third-order valence-corrected chi connectivity index (χ3v) is 2.14. The van der Waals surface area contributed by atoms with E-state index >= 15 is 0 Å². The molecule has 0 aliphatic carbocycles. The van der Waals surface area contributed by atoms with E-state index in [0.29, 0.717) is 0 Å². The Bertz CT molecular complexity index is 196. The van der Waals surface area contributed by atoms with E-state index in [1.165, 1.54) is 0 Å². The van der Waals surface area contributed by atoms with Gasteiger partial charge in [0.1, 0.15) is 0 Å². The lowest BCUT2D eigenvalue weighted by atomic mass is 9.88. The highest BCUT2D eigenvalue weighted by Crippen LogP contribution is 2.22. The molecule has 4 heteroatoms. The van der Waals surface area contributed by atoms with E-state index in [4.69, 9.17) is 5.73 Å². The number of ketones is 1. The molecule has 0 aliphatic heterocycles. The first-order valence-corrected chi connectivity index (χ1v) is 4.63. The predicted molar refractivity (Wildman–Crippen MR) is 51.0 cm³/mol. The topological polar surface area (TPSA) is 60.2 Å². The van der Waals surface area contributed by atoms with Gasteiger partial charge >= 0.3 is 0 Å². The third kappa shape index (κ3) is 3.85. The Hall–Kier alpha value is -0.380. The van der Waals surface area contributed by atoms with Crippen LogP contribution in [0, 0.1) is 5.41 Å². The number of halogens is 1. The van der Waals surface area contributed by atoms with Gasteiger partial charge in [0.05, 0.1) is 4.83 Å². The monoisotopic (exact) mass is 235 g/mol. The largest absolute Gasteiger partial charge is 0.370 e. The summed E-state index contributed by atoms with van der Waals surface area (Å²) in [5.41, 5.74) is 4.53. The van der Waals surface area contributed by atoms with Gasteiger partial charge in [-0.3, -0.25) is 9.59 Å². The number of rotatable bonds is 3. The molecule has 70 valence electrons. The van der Waals surface area contributed by atoms with Gasteiger partial charge in [-0.05, 0) is 0 Å². The molecule has 1 unspecified atom stereocenters. The Morgan fingerprint density at radius 1 is 1.42 bits per heavy atom. The van der Waals surface area contributed by atoms with Gasteiger partial charge in [-0.15, -0.1) is 0 Å². The Morgan fingerprint density at radius 3 is 2.08 bits per heavy atom. The first-order valence-electron chi connectivity index (χ1n) is 3.72. The first kappa shape index (κ1) is 11.6. The Kier molecular flexibility index (Phi) is 3.90. The van der Waals surface area contributed by atoms with Crippen molar-refractivity contribution in [1.82, 2.24) is 0 Å². The van der Waals surface area contributed by atoms with Gasteiger partial charge < -0.3 is 5.73 Å². The van der Waals surface area contributed by atoms with Crippen molar-refractivity contribution in [2.24, 2.45) is 11.1 Å². The Labute approximate surface area is 80.8 Å². The number of carbonyl (C=O) groups excluding carboxylic acids is 2. The summed E-state index contributed by atoms with van der Waals surface area (Å²) in [6, 6.07) is 0. The summed E-state index contributed by atoms with van der Waals surface area (Å²) < 4.78 is 0. The van der Waals surface area contributed by atoms with Gasteiger partial charge in [-0.2, -0.15) is 0 Å². The maximum Gasteiger partial charge on any atom is 0.218 e. The van der Waals surface area contributed by atoms with Crippen LogP contribution in [0.2, 0.25) is 0 Å². The maximum absolute atomic E-state index is 11.4. The van der Waals surface area contributed by atoms with E-state index in [1.807, 2.05) is 20.8 Å². The molecule has 0 aromatic heterocycles. The number of hydrogen-bond donors (Lipinski definition) is 1. The summed E-state index contributed by atoms with van der Waals surface area (Å²) in [6.45, 7) is 5.43. The van der Waals surface area contributed by atoms with Crippen molar-refractivity contribution in [2.75, 3.05) is 0 Å². The second-order valence-corrected chi connectivity index (χ2v) is 4.86. The molecule has 0 spiro atoms. The van der Waals surface area contributed by atoms with E-state index in [-0.39, 0.29) is 12.2 Å². The molecule has 0 bridgehead atoms. The summed E-state index contributed by atoms with van der Waals surface area (Å²) >= 11 is 3.13. The number of nitrogens with two attached hydrogens (primary N) is 1. The normalized spacial score (nSPS) is 14.0. The molecule has 0 aromatic carbocycles. The number of carbonyl (C=O) groups is 2. The zero-order chi connectivity index (χ0) is 9.94. The van der Waals surface area contributed by atoms with Crippen molar-refractivity contribution < 1.29 is 9.59 Å². The SMILES string of the molecule is CC(C)(C)C(=O)C(Br)CC(N)=O. The lowest BCUT2D eigenvalue weighted by molar-refractivity contribution is -0.128. The fourth-order valence-corrected chi connectivity index (χ4v) is 1.75. The molecule has 3 nitrogen and oxygen atoms in total. The van der Waals surface area contributed by atoms with Gasteiger partial charge in [-0.1, -0.05) is 36.7 Å². The quantitative estimate of drug-likeness (QED) is 0.749. The van der Waals surface area contributed by atoms with Gasteiger partial charge in [0.25, 0.3) is 0 Å². The highest BCUT2D eigenvalue weighted by Gasteiger charge is 2.28. The molecular weight excluding hydrogens is 222 g/mol. The van der Waals surface area contributed by atoms with Crippen LogP contribution in [0.5, 0.6) is 0 Å². The Balaban J connectivity index is 4.21. The molecule has 2 N–H and O–H groups in total. The van der Waals surface area contributed by atoms with Crippen LogP contribution in [0.25, 0.3) is 0 Å². The molecule has 0 heterocycles. The highest BCUT2D eigenvalue weighted by molar-refractivity contribution is 9.10. The molecule has 0 aromatic rings. The minimum absolute atomic E-state index is 0.00120. The van der Waals surface area contributed by atoms with E-state index in [0.717, 1.165) is 0 Å². The van der Waals surface area contributed by atoms with Crippen molar-refractivity contribution >= 4 is 27.6 Å². The van der Waals surface area contributed by atoms with Crippen molar-refractivity contribution in [3.05, 3.63) is 0 Å². The molecule has 1 amide bonds. The van der Waals surface area contributed by atoms with Crippen LogP contribution in [-0.4, -0.2) is 16.5 Å². The average Bonchev–Trinajstić information content (AvgIpc) is 1.82. The maximum atomic E-state index is 11.4. The third-order valence-electron chi connectivity index (χ3n) is 1.40. The average molecular weight is 236 g/mol. The highest BCUT2D eigenvalue weighted by atomic mass is 79.9. The van der Waals surface area contributed by atoms with Crippen LogP contribution in [0.15, 0.2) is 0 Å². The van der Waals surface area contributed by atoms with E-state index in [2.05, 4.69) is 15.9 Å². The smallest absolute Gasteiger partial charge is 0.218 e. The molecule has 1 atom stereocenters. The molecule has 0 radical (unpaired) electrons. The summed E-state index contributed by atoms with van der Waals surface area (Å²) in [6.07, 6.45) is 0.0656. The lowest BCUT2D eigenvalue weighted by Gasteiger charge is -2.19. The molecule has 12 heavy (non-hydrogen) atoms. The number of alkyl halides is 1. The molecule has 0 saturated heterocycles. The van der Waals surface area contributed by atoms with E-state index < -0.39 is 16.1 Å². The minimum atomic E-state index is -0.463. The van der Waals surface area contributed by atoms with Gasteiger partial charge in [0.15, 0.2) is 5.78 Å². The molecule has 0 saturated carbocycles.